The van der Waals surface area contributed by atoms with Gasteiger partial charge < -0.3 is 4.18 Å². The third-order valence-corrected chi connectivity index (χ3v) is 2.64. The van der Waals surface area contributed by atoms with Crippen molar-refractivity contribution in [1.29, 1.82) is 0 Å². The van der Waals surface area contributed by atoms with Crippen LogP contribution in [-0.4, -0.2) is 4.21 Å². The lowest BCUT2D eigenvalue weighted by molar-refractivity contribution is 0.567. The van der Waals surface area contributed by atoms with Crippen molar-refractivity contribution in [3.8, 4) is 5.75 Å². The number of hydrogen-bond acceptors (Lipinski definition) is 2. The lowest BCUT2D eigenvalue weighted by Crippen LogP contribution is -2.10. The molecule has 2 aromatic carbocycles. The van der Waals surface area contributed by atoms with Gasteiger partial charge in [-0.3, -0.25) is 4.72 Å². The molecule has 0 spiro atoms. The summed E-state index contributed by atoms with van der Waals surface area (Å²) in [5, 5.41) is 0. The van der Waals surface area contributed by atoms with Crippen molar-refractivity contribution in [2.75, 3.05) is 4.72 Å². The average molecular weight is 233 g/mol. The van der Waals surface area contributed by atoms with Crippen LogP contribution >= 0.6 is 0 Å². The van der Waals surface area contributed by atoms with Gasteiger partial charge in [-0.05, 0) is 24.3 Å². The quantitative estimate of drug-likeness (QED) is 0.881. The van der Waals surface area contributed by atoms with Crippen molar-refractivity contribution >= 4 is 17.0 Å². The summed E-state index contributed by atoms with van der Waals surface area (Å²) in [7, 11) is 0. The summed E-state index contributed by atoms with van der Waals surface area (Å²) >= 11 is -1.57. The molecule has 0 aliphatic rings. The van der Waals surface area contributed by atoms with Crippen molar-refractivity contribution < 1.29 is 8.39 Å². The van der Waals surface area contributed by atoms with Crippen LogP contribution in [0.5, 0.6) is 5.75 Å². The van der Waals surface area contributed by atoms with E-state index in [-0.39, 0.29) is 0 Å². The van der Waals surface area contributed by atoms with Gasteiger partial charge in [0.2, 0.25) is 0 Å². The highest BCUT2D eigenvalue weighted by atomic mass is 32.2. The number of rotatable bonds is 4. The maximum absolute atomic E-state index is 11.6. The van der Waals surface area contributed by atoms with Gasteiger partial charge in [-0.1, -0.05) is 36.4 Å². The minimum absolute atomic E-state index is 0.573. The first-order chi connectivity index (χ1) is 7.84. The topological polar surface area (TPSA) is 38.3 Å². The SMILES string of the molecule is O=S(Nc1ccccc1)Oc1ccccc1. The Labute approximate surface area is 96.9 Å². The zero-order chi connectivity index (χ0) is 11.2. The number of anilines is 1. The van der Waals surface area contributed by atoms with Crippen LogP contribution < -0.4 is 8.91 Å². The Hall–Kier alpha value is -1.81. The highest BCUT2D eigenvalue weighted by Crippen LogP contribution is 2.12. The van der Waals surface area contributed by atoms with Gasteiger partial charge in [-0.2, -0.15) is 4.21 Å². The maximum atomic E-state index is 11.6. The van der Waals surface area contributed by atoms with Crippen molar-refractivity contribution in [2.24, 2.45) is 0 Å². The van der Waals surface area contributed by atoms with E-state index in [0.29, 0.717) is 5.75 Å². The standard InChI is InChI=1S/C12H11NO2S/c14-16(13-11-7-3-1-4-8-11)15-12-9-5-2-6-10-12/h1-10,13H. The van der Waals surface area contributed by atoms with Crippen molar-refractivity contribution in [1.82, 2.24) is 0 Å². The largest absolute Gasteiger partial charge is 0.385 e. The zero-order valence-corrected chi connectivity index (χ0v) is 9.31. The molecular weight excluding hydrogens is 222 g/mol. The molecule has 0 saturated heterocycles. The molecule has 4 heteroatoms. The summed E-state index contributed by atoms with van der Waals surface area (Å²) in [6.07, 6.45) is 0. The van der Waals surface area contributed by atoms with Crippen LogP contribution in [0.1, 0.15) is 0 Å². The molecule has 0 bridgehead atoms. The Balaban J connectivity index is 1.95. The van der Waals surface area contributed by atoms with Gasteiger partial charge in [0.15, 0.2) is 0 Å². The van der Waals surface area contributed by atoms with E-state index in [9.17, 15) is 4.21 Å². The van der Waals surface area contributed by atoms with E-state index in [0.717, 1.165) is 5.69 Å². The smallest absolute Gasteiger partial charge is 0.316 e. The van der Waals surface area contributed by atoms with Gasteiger partial charge >= 0.3 is 11.3 Å². The molecule has 16 heavy (non-hydrogen) atoms. The molecule has 2 aromatic rings. The summed E-state index contributed by atoms with van der Waals surface area (Å²) in [6.45, 7) is 0. The maximum Gasteiger partial charge on any atom is 0.316 e. The van der Waals surface area contributed by atoms with Gasteiger partial charge in [-0.25, -0.2) is 0 Å². The molecule has 2 rings (SSSR count). The first-order valence-corrected chi connectivity index (χ1v) is 5.89. The highest BCUT2D eigenvalue weighted by Gasteiger charge is 2.01. The molecule has 0 aromatic heterocycles. The lowest BCUT2D eigenvalue weighted by Gasteiger charge is -2.06. The Morgan fingerprint density at radius 2 is 1.44 bits per heavy atom. The zero-order valence-electron chi connectivity index (χ0n) is 8.50. The average Bonchev–Trinajstić information content (AvgIpc) is 2.31. The summed E-state index contributed by atoms with van der Waals surface area (Å²) in [5.41, 5.74) is 0.761. The van der Waals surface area contributed by atoms with Crippen molar-refractivity contribution in [2.45, 2.75) is 0 Å². The Bertz CT molecular complexity index is 415. The number of hydrogen-bond donors (Lipinski definition) is 1. The summed E-state index contributed by atoms with van der Waals surface area (Å²) in [4.78, 5) is 0. The van der Waals surface area contributed by atoms with E-state index in [4.69, 9.17) is 4.18 Å². The van der Waals surface area contributed by atoms with Crippen LogP contribution in [0.25, 0.3) is 0 Å². The summed E-state index contributed by atoms with van der Waals surface area (Å²) < 4.78 is 19.5. The van der Waals surface area contributed by atoms with E-state index in [1.807, 2.05) is 48.5 Å². The van der Waals surface area contributed by atoms with Crippen LogP contribution in [0.3, 0.4) is 0 Å². The van der Waals surface area contributed by atoms with Crippen LogP contribution in [0.15, 0.2) is 60.7 Å². The second-order valence-electron chi connectivity index (χ2n) is 3.10. The molecule has 82 valence electrons. The molecule has 1 unspecified atom stereocenters. The Kier molecular flexibility index (Phi) is 3.56. The van der Waals surface area contributed by atoms with Crippen molar-refractivity contribution in [3.05, 3.63) is 60.7 Å². The fourth-order valence-electron chi connectivity index (χ4n) is 1.19. The molecule has 0 radical (unpaired) electrons. The highest BCUT2D eigenvalue weighted by molar-refractivity contribution is 7.81. The van der Waals surface area contributed by atoms with E-state index in [2.05, 4.69) is 4.72 Å². The molecular formula is C12H11NO2S. The van der Waals surface area contributed by atoms with Crippen LogP contribution in [-0.2, 0) is 11.3 Å². The minimum Gasteiger partial charge on any atom is -0.385 e. The lowest BCUT2D eigenvalue weighted by atomic mass is 10.3. The first kappa shape index (κ1) is 10.7. The Morgan fingerprint density at radius 1 is 0.875 bits per heavy atom. The molecule has 3 nitrogen and oxygen atoms in total. The molecule has 0 heterocycles. The van der Waals surface area contributed by atoms with Crippen LogP contribution in [0.2, 0.25) is 0 Å². The summed E-state index contributed by atoms with van der Waals surface area (Å²) in [6, 6.07) is 18.3. The van der Waals surface area contributed by atoms with E-state index >= 15 is 0 Å². The third-order valence-electron chi connectivity index (χ3n) is 1.89. The molecule has 0 amide bonds. The fraction of sp³-hybridized carbons (Fsp3) is 0. The molecule has 0 aliphatic carbocycles. The van der Waals surface area contributed by atoms with Gasteiger partial charge in [-0.15, -0.1) is 0 Å². The van der Waals surface area contributed by atoms with Gasteiger partial charge in [0.25, 0.3) is 0 Å². The molecule has 1 N–H and O–H groups in total. The van der Waals surface area contributed by atoms with Crippen LogP contribution in [0, 0.1) is 0 Å². The van der Waals surface area contributed by atoms with E-state index < -0.39 is 11.3 Å². The summed E-state index contributed by atoms with van der Waals surface area (Å²) in [5.74, 6) is 0.573. The number of benzene rings is 2. The Morgan fingerprint density at radius 3 is 2.06 bits per heavy atom. The van der Waals surface area contributed by atoms with Crippen LogP contribution in [0.4, 0.5) is 5.69 Å². The van der Waals surface area contributed by atoms with Crippen molar-refractivity contribution in [3.63, 3.8) is 0 Å². The number of nitrogens with one attached hydrogen (secondary N) is 1. The minimum atomic E-state index is -1.57. The van der Waals surface area contributed by atoms with Gasteiger partial charge in [0.1, 0.15) is 5.75 Å². The monoisotopic (exact) mass is 233 g/mol. The third kappa shape index (κ3) is 3.10. The van der Waals surface area contributed by atoms with Gasteiger partial charge in [0, 0.05) is 5.69 Å². The molecule has 0 fully saturated rings. The number of para-hydroxylation sites is 2. The molecule has 0 aliphatic heterocycles. The second-order valence-corrected chi connectivity index (χ2v) is 3.94. The predicted molar refractivity (Wildman–Crippen MR) is 65.3 cm³/mol. The second kappa shape index (κ2) is 5.32. The molecule has 1 atom stereocenters. The fourth-order valence-corrected chi connectivity index (χ4v) is 1.84. The normalized spacial score (nSPS) is 11.8. The van der Waals surface area contributed by atoms with Gasteiger partial charge in [0.05, 0.1) is 0 Å². The first-order valence-electron chi connectivity index (χ1n) is 4.81. The van der Waals surface area contributed by atoms with E-state index in [1.54, 1.807) is 12.1 Å². The van der Waals surface area contributed by atoms with E-state index in [1.165, 1.54) is 0 Å². The predicted octanol–water partition coefficient (Wildman–Crippen LogP) is 2.76. The molecule has 0 saturated carbocycles.